The summed E-state index contributed by atoms with van der Waals surface area (Å²) in [5.74, 6) is 0.712. The van der Waals surface area contributed by atoms with Crippen LogP contribution in [0.1, 0.15) is 10.4 Å². The van der Waals surface area contributed by atoms with Crippen LogP contribution in [0.25, 0.3) is 10.8 Å². The molecule has 3 aromatic rings. The normalized spacial score (nSPS) is 12.8. The Morgan fingerprint density at radius 1 is 1.12 bits per heavy atom. The Balaban J connectivity index is 1.75. The highest BCUT2D eigenvalue weighted by atomic mass is 35.5. The van der Waals surface area contributed by atoms with Crippen LogP contribution in [0.5, 0.6) is 11.5 Å². The number of hydrogen-bond acceptors (Lipinski definition) is 4. The Morgan fingerprint density at radius 3 is 2.50 bits per heavy atom. The summed E-state index contributed by atoms with van der Waals surface area (Å²) in [6, 6.07) is 10.3. The third-order valence-electron chi connectivity index (χ3n) is 4.22. The molecule has 0 fully saturated rings. The monoisotopic (exact) mass is 370 g/mol. The molecular weight excluding hydrogens is 356 g/mol. The Morgan fingerprint density at radius 2 is 1.77 bits per heavy atom. The van der Waals surface area contributed by atoms with Crippen molar-refractivity contribution >= 4 is 34.0 Å². The molecule has 132 valence electrons. The smallest absolute Gasteiger partial charge is 0.258 e. The molecule has 0 spiro atoms. The lowest BCUT2D eigenvalue weighted by atomic mass is 10.1. The molecular formula is C19H15ClN2O4. The minimum absolute atomic E-state index is 0.158. The molecule has 0 aliphatic carbocycles. The van der Waals surface area contributed by atoms with Crippen molar-refractivity contribution in [1.29, 1.82) is 0 Å². The van der Waals surface area contributed by atoms with E-state index >= 15 is 0 Å². The SMILES string of the molecule is Cn1cc(C(=O)Nc2cc3c(cc2Cl)OCCO3)c2ccccc2c1=O. The largest absolute Gasteiger partial charge is 0.486 e. The summed E-state index contributed by atoms with van der Waals surface area (Å²) in [6.45, 7) is 0.895. The van der Waals surface area contributed by atoms with Gasteiger partial charge in [-0.25, -0.2) is 0 Å². The van der Waals surface area contributed by atoms with Crippen LogP contribution in [0, 0.1) is 0 Å². The zero-order chi connectivity index (χ0) is 18.3. The van der Waals surface area contributed by atoms with Crippen LogP contribution >= 0.6 is 11.6 Å². The summed E-state index contributed by atoms with van der Waals surface area (Å²) < 4.78 is 12.4. The van der Waals surface area contributed by atoms with Gasteiger partial charge in [0.15, 0.2) is 11.5 Å². The number of pyridine rings is 1. The third kappa shape index (κ3) is 2.78. The van der Waals surface area contributed by atoms with Gasteiger partial charge in [-0.1, -0.05) is 29.8 Å². The van der Waals surface area contributed by atoms with Crippen LogP contribution in [0.15, 0.2) is 47.4 Å². The van der Waals surface area contributed by atoms with E-state index < -0.39 is 0 Å². The maximum atomic E-state index is 12.9. The number of hydrogen-bond donors (Lipinski definition) is 1. The number of ether oxygens (including phenoxy) is 2. The average molecular weight is 371 g/mol. The van der Waals surface area contributed by atoms with E-state index in [9.17, 15) is 9.59 Å². The highest BCUT2D eigenvalue weighted by Crippen LogP contribution is 2.38. The molecule has 1 aliphatic rings. The van der Waals surface area contributed by atoms with E-state index in [2.05, 4.69) is 5.32 Å². The lowest BCUT2D eigenvalue weighted by Crippen LogP contribution is -2.22. The summed E-state index contributed by atoms with van der Waals surface area (Å²) in [4.78, 5) is 25.1. The van der Waals surface area contributed by atoms with E-state index in [-0.39, 0.29) is 11.5 Å². The summed E-state index contributed by atoms with van der Waals surface area (Å²) in [6.07, 6.45) is 1.52. The van der Waals surface area contributed by atoms with Crippen molar-refractivity contribution in [1.82, 2.24) is 4.57 Å². The molecule has 0 unspecified atom stereocenters. The predicted molar refractivity (Wildman–Crippen MR) is 99.6 cm³/mol. The van der Waals surface area contributed by atoms with Crippen molar-refractivity contribution in [2.45, 2.75) is 0 Å². The number of rotatable bonds is 2. The molecule has 1 amide bonds. The topological polar surface area (TPSA) is 69.6 Å². The standard InChI is InChI=1S/C19H15ClN2O4/c1-22-10-13(11-4-2-3-5-12(11)19(22)24)18(23)21-15-9-17-16(8-14(15)20)25-6-7-26-17/h2-5,8-10H,6-7H2,1H3,(H,21,23). The highest BCUT2D eigenvalue weighted by Gasteiger charge is 2.19. The molecule has 1 N–H and O–H groups in total. The molecule has 6 nitrogen and oxygen atoms in total. The first-order chi connectivity index (χ1) is 12.5. The van der Waals surface area contributed by atoms with Gasteiger partial charge in [-0.05, 0) is 6.07 Å². The van der Waals surface area contributed by atoms with Gasteiger partial charge in [-0.15, -0.1) is 0 Å². The molecule has 0 atom stereocenters. The number of amides is 1. The fourth-order valence-electron chi connectivity index (χ4n) is 2.95. The molecule has 2 aromatic carbocycles. The second-order valence-corrected chi connectivity index (χ2v) is 6.34. The maximum absolute atomic E-state index is 12.9. The summed E-state index contributed by atoms with van der Waals surface area (Å²) in [7, 11) is 1.61. The molecule has 1 aliphatic heterocycles. The van der Waals surface area contributed by atoms with Crippen molar-refractivity contribution in [2.24, 2.45) is 7.05 Å². The van der Waals surface area contributed by atoms with Crippen LogP contribution in [0.3, 0.4) is 0 Å². The summed E-state index contributed by atoms with van der Waals surface area (Å²) in [5, 5.41) is 4.21. The average Bonchev–Trinajstić information content (AvgIpc) is 2.65. The van der Waals surface area contributed by atoms with Gasteiger partial charge in [0.1, 0.15) is 13.2 Å². The van der Waals surface area contributed by atoms with Gasteiger partial charge in [-0.3, -0.25) is 9.59 Å². The number of aryl methyl sites for hydroxylation is 1. The van der Waals surface area contributed by atoms with Gasteiger partial charge in [0.25, 0.3) is 11.5 Å². The van der Waals surface area contributed by atoms with E-state index in [1.807, 2.05) is 0 Å². The zero-order valence-corrected chi connectivity index (χ0v) is 14.7. The Bertz CT molecular complexity index is 1090. The van der Waals surface area contributed by atoms with Crippen molar-refractivity contribution in [3.05, 3.63) is 63.5 Å². The van der Waals surface area contributed by atoms with Crippen LogP contribution < -0.4 is 20.3 Å². The Kier molecular flexibility index (Phi) is 4.05. The number of anilines is 1. The van der Waals surface area contributed by atoms with E-state index in [4.69, 9.17) is 21.1 Å². The Labute approximate surface area is 153 Å². The van der Waals surface area contributed by atoms with Crippen molar-refractivity contribution in [3.8, 4) is 11.5 Å². The van der Waals surface area contributed by atoms with Gasteiger partial charge in [0.2, 0.25) is 0 Å². The predicted octanol–water partition coefficient (Wildman–Crippen LogP) is 3.22. The van der Waals surface area contributed by atoms with Gasteiger partial charge in [0, 0.05) is 36.1 Å². The number of nitrogens with one attached hydrogen (secondary N) is 1. The number of fused-ring (bicyclic) bond motifs is 2. The molecule has 26 heavy (non-hydrogen) atoms. The van der Waals surface area contributed by atoms with E-state index in [1.165, 1.54) is 10.8 Å². The minimum Gasteiger partial charge on any atom is -0.486 e. The third-order valence-corrected chi connectivity index (χ3v) is 4.53. The number of benzene rings is 2. The van der Waals surface area contributed by atoms with Gasteiger partial charge < -0.3 is 19.4 Å². The summed E-state index contributed by atoms with van der Waals surface area (Å²) in [5.41, 5.74) is 0.641. The molecule has 7 heteroatoms. The maximum Gasteiger partial charge on any atom is 0.258 e. The first-order valence-corrected chi connectivity index (χ1v) is 8.41. The lowest BCUT2D eigenvalue weighted by Gasteiger charge is -2.20. The van der Waals surface area contributed by atoms with Crippen molar-refractivity contribution < 1.29 is 14.3 Å². The Hall–Kier alpha value is -2.99. The quantitative estimate of drug-likeness (QED) is 0.752. The number of aromatic nitrogens is 1. The molecule has 1 aromatic heterocycles. The molecule has 0 saturated carbocycles. The number of nitrogens with zero attached hydrogens (tertiary/aromatic N) is 1. The van der Waals surface area contributed by atoms with Crippen LogP contribution in [-0.2, 0) is 7.05 Å². The van der Waals surface area contributed by atoms with E-state index in [0.29, 0.717) is 51.8 Å². The second kappa shape index (κ2) is 6.38. The fraction of sp³-hybridized carbons (Fsp3) is 0.158. The van der Waals surface area contributed by atoms with E-state index in [0.717, 1.165) is 0 Å². The molecule has 0 bridgehead atoms. The number of carbonyl (C=O) groups is 1. The minimum atomic E-state index is -0.365. The van der Waals surface area contributed by atoms with Crippen LogP contribution in [0.4, 0.5) is 5.69 Å². The van der Waals surface area contributed by atoms with Crippen molar-refractivity contribution in [3.63, 3.8) is 0 Å². The zero-order valence-electron chi connectivity index (χ0n) is 13.9. The number of carbonyl (C=O) groups excluding carboxylic acids is 1. The molecule has 0 radical (unpaired) electrons. The van der Waals surface area contributed by atoms with Gasteiger partial charge >= 0.3 is 0 Å². The summed E-state index contributed by atoms with van der Waals surface area (Å²) >= 11 is 6.26. The highest BCUT2D eigenvalue weighted by molar-refractivity contribution is 6.34. The van der Waals surface area contributed by atoms with Crippen LogP contribution in [0.2, 0.25) is 5.02 Å². The first-order valence-electron chi connectivity index (χ1n) is 8.03. The van der Waals surface area contributed by atoms with Gasteiger partial charge in [-0.2, -0.15) is 0 Å². The lowest BCUT2D eigenvalue weighted by molar-refractivity contribution is 0.102. The first kappa shape index (κ1) is 16.5. The molecule has 0 saturated heterocycles. The molecule has 2 heterocycles. The van der Waals surface area contributed by atoms with Gasteiger partial charge in [0.05, 0.1) is 16.3 Å². The second-order valence-electron chi connectivity index (χ2n) is 5.93. The number of halogens is 1. The fourth-order valence-corrected chi connectivity index (χ4v) is 3.15. The van der Waals surface area contributed by atoms with E-state index in [1.54, 1.807) is 43.4 Å². The van der Waals surface area contributed by atoms with Crippen LogP contribution in [-0.4, -0.2) is 23.7 Å². The molecule has 4 rings (SSSR count). The van der Waals surface area contributed by atoms with Crippen molar-refractivity contribution in [2.75, 3.05) is 18.5 Å².